The highest BCUT2D eigenvalue weighted by Crippen LogP contribution is 2.39. The molecule has 168 valence electrons. The molecule has 6 rings (SSSR count). The van der Waals surface area contributed by atoms with E-state index >= 15 is 0 Å². The Labute approximate surface area is 211 Å². The van der Waals surface area contributed by atoms with E-state index in [1.165, 1.54) is 0 Å². The fraction of sp³-hybridized carbons (Fsp3) is 0. The topological polar surface area (TPSA) is 51.8 Å². The minimum absolute atomic E-state index is 0.601. The van der Waals surface area contributed by atoms with Gasteiger partial charge < -0.3 is 4.52 Å². The summed E-state index contributed by atoms with van der Waals surface area (Å²) in [7, 11) is 0. The first-order valence-electron chi connectivity index (χ1n) is 11.0. The average molecular weight is 494 g/mol. The van der Waals surface area contributed by atoms with Gasteiger partial charge in [-0.1, -0.05) is 101 Å². The smallest absolute Gasteiger partial charge is 0.174 e. The number of aromatic nitrogens is 3. The van der Waals surface area contributed by atoms with E-state index < -0.39 is 0 Å². The van der Waals surface area contributed by atoms with Crippen molar-refractivity contribution in [2.75, 3.05) is 0 Å². The predicted molar refractivity (Wildman–Crippen MR) is 141 cm³/mol. The second kappa shape index (κ2) is 8.99. The predicted octanol–water partition coefficient (Wildman–Crippen LogP) is 8.59. The van der Waals surface area contributed by atoms with Crippen molar-refractivity contribution in [3.8, 4) is 45.0 Å². The molecule has 0 bridgehead atoms. The highest BCUT2D eigenvalue weighted by Gasteiger charge is 2.18. The molecule has 0 N–H and O–H groups in total. The summed E-state index contributed by atoms with van der Waals surface area (Å²) in [6.07, 6.45) is 0. The van der Waals surface area contributed by atoms with Gasteiger partial charge >= 0.3 is 0 Å². The zero-order valence-electron chi connectivity index (χ0n) is 18.3. The van der Waals surface area contributed by atoms with Gasteiger partial charge in [-0.2, -0.15) is 0 Å². The largest absolute Gasteiger partial charge is 0.355 e. The molecule has 35 heavy (non-hydrogen) atoms. The maximum absolute atomic E-state index is 6.57. The van der Waals surface area contributed by atoms with E-state index in [-0.39, 0.29) is 0 Å². The molecule has 0 unspecified atom stereocenters. The first-order valence-corrected chi connectivity index (χ1v) is 11.8. The number of hydrogen-bond acceptors (Lipinski definition) is 4. The minimum atomic E-state index is 0.601. The molecular weight excluding hydrogens is 477 g/mol. The van der Waals surface area contributed by atoms with Crippen LogP contribution in [0.1, 0.15) is 0 Å². The van der Waals surface area contributed by atoms with Gasteiger partial charge in [0.25, 0.3) is 0 Å². The summed E-state index contributed by atoms with van der Waals surface area (Å²) in [5, 5.41) is 15.5. The summed E-state index contributed by atoms with van der Waals surface area (Å²) in [6, 6.07) is 33.2. The van der Waals surface area contributed by atoms with E-state index in [9.17, 15) is 0 Å². The van der Waals surface area contributed by atoms with E-state index in [1.807, 2.05) is 97.1 Å². The van der Waals surface area contributed by atoms with Crippen LogP contribution >= 0.6 is 23.2 Å². The van der Waals surface area contributed by atoms with Crippen LogP contribution in [-0.4, -0.2) is 15.4 Å². The van der Waals surface area contributed by atoms with Crippen LogP contribution in [0, 0.1) is 0 Å². The van der Waals surface area contributed by atoms with E-state index in [0.717, 1.165) is 44.5 Å². The lowest BCUT2D eigenvalue weighted by atomic mass is 9.96. The van der Waals surface area contributed by atoms with Crippen LogP contribution < -0.4 is 0 Å². The highest BCUT2D eigenvalue weighted by molar-refractivity contribution is 6.33. The molecule has 0 saturated heterocycles. The van der Waals surface area contributed by atoms with Gasteiger partial charge in [0.15, 0.2) is 5.76 Å². The van der Waals surface area contributed by atoms with Crippen molar-refractivity contribution < 1.29 is 4.52 Å². The van der Waals surface area contributed by atoms with Crippen molar-refractivity contribution >= 4 is 34.1 Å². The molecule has 0 amide bonds. The van der Waals surface area contributed by atoms with E-state index in [4.69, 9.17) is 27.7 Å². The Bertz CT molecular complexity index is 1680. The van der Waals surface area contributed by atoms with Crippen LogP contribution in [-0.2, 0) is 0 Å². The van der Waals surface area contributed by atoms with Gasteiger partial charge in [0.2, 0.25) is 0 Å². The molecule has 0 aliphatic heterocycles. The molecule has 0 aliphatic carbocycles. The number of fused-ring (bicyclic) bond motifs is 1. The Morgan fingerprint density at radius 2 is 1.26 bits per heavy atom. The number of benzene rings is 4. The maximum Gasteiger partial charge on any atom is 0.174 e. The molecule has 2 aromatic heterocycles. The molecule has 0 spiro atoms. The Kier molecular flexibility index (Phi) is 5.53. The van der Waals surface area contributed by atoms with Gasteiger partial charge in [-0.25, -0.2) is 0 Å². The van der Waals surface area contributed by atoms with Gasteiger partial charge in [-0.15, -0.1) is 10.2 Å². The van der Waals surface area contributed by atoms with E-state index in [0.29, 0.717) is 21.4 Å². The quantitative estimate of drug-likeness (QED) is 0.246. The summed E-state index contributed by atoms with van der Waals surface area (Å²) >= 11 is 13.1. The SMILES string of the molecule is Clc1ccccc1-c1cc(-c2ccc3noc(-c4ccccc4)c3c2)c(-c2ccccc2Cl)nn1. The van der Waals surface area contributed by atoms with Gasteiger partial charge in [0.1, 0.15) is 11.2 Å². The molecule has 0 atom stereocenters. The Morgan fingerprint density at radius 3 is 2.00 bits per heavy atom. The Hall–Kier alpha value is -3.99. The second-order valence-corrected chi connectivity index (χ2v) is 8.88. The number of nitrogens with zero attached hydrogens (tertiary/aromatic N) is 3. The van der Waals surface area contributed by atoms with Gasteiger partial charge in [-0.3, -0.25) is 0 Å². The van der Waals surface area contributed by atoms with Gasteiger partial charge in [-0.05, 0) is 35.9 Å². The zero-order valence-corrected chi connectivity index (χ0v) is 19.8. The van der Waals surface area contributed by atoms with Crippen molar-refractivity contribution in [1.82, 2.24) is 15.4 Å². The van der Waals surface area contributed by atoms with Crippen LogP contribution in [0.2, 0.25) is 10.0 Å². The molecule has 0 radical (unpaired) electrons. The number of hydrogen-bond donors (Lipinski definition) is 0. The lowest BCUT2D eigenvalue weighted by Crippen LogP contribution is -1.96. The molecular formula is C29H17Cl2N3O. The highest BCUT2D eigenvalue weighted by atomic mass is 35.5. The molecule has 6 heteroatoms. The van der Waals surface area contributed by atoms with Crippen LogP contribution in [0.25, 0.3) is 55.9 Å². The summed E-state index contributed by atoms with van der Waals surface area (Å²) in [6.45, 7) is 0. The van der Waals surface area contributed by atoms with E-state index in [2.05, 4.69) is 21.4 Å². The summed E-state index contributed by atoms with van der Waals surface area (Å²) in [4.78, 5) is 0. The normalized spacial score (nSPS) is 11.1. The van der Waals surface area contributed by atoms with Crippen molar-refractivity contribution in [2.24, 2.45) is 0 Å². The lowest BCUT2D eigenvalue weighted by molar-refractivity contribution is 0.441. The molecule has 0 fully saturated rings. The third kappa shape index (κ3) is 3.97. The fourth-order valence-electron chi connectivity index (χ4n) is 4.17. The Balaban J connectivity index is 1.59. The molecule has 2 heterocycles. The van der Waals surface area contributed by atoms with Crippen LogP contribution in [0.15, 0.2) is 108 Å². The molecule has 4 aromatic carbocycles. The third-order valence-electron chi connectivity index (χ3n) is 5.90. The number of rotatable bonds is 4. The Morgan fingerprint density at radius 1 is 0.571 bits per heavy atom. The average Bonchev–Trinajstić information content (AvgIpc) is 3.33. The summed E-state index contributed by atoms with van der Waals surface area (Å²) in [5.41, 5.74) is 6.53. The first-order chi connectivity index (χ1) is 17.2. The molecule has 6 aromatic rings. The number of halogens is 2. The minimum Gasteiger partial charge on any atom is -0.355 e. The van der Waals surface area contributed by atoms with Crippen LogP contribution in [0.5, 0.6) is 0 Å². The lowest BCUT2D eigenvalue weighted by Gasteiger charge is -2.13. The van der Waals surface area contributed by atoms with Gasteiger partial charge in [0.05, 0.1) is 21.1 Å². The second-order valence-electron chi connectivity index (χ2n) is 8.06. The molecule has 0 saturated carbocycles. The standard InChI is InChI=1S/C29H17Cl2N3O/c30-24-12-6-4-10-20(24)27-17-22(28(33-32-27)21-11-5-7-13-25(21)31)19-14-15-26-23(16-19)29(35-34-26)18-8-2-1-3-9-18/h1-17H. The van der Waals surface area contributed by atoms with Crippen molar-refractivity contribution in [3.05, 3.63) is 113 Å². The van der Waals surface area contributed by atoms with E-state index in [1.54, 1.807) is 0 Å². The third-order valence-corrected chi connectivity index (χ3v) is 6.56. The van der Waals surface area contributed by atoms with Crippen molar-refractivity contribution in [3.63, 3.8) is 0 Å². The van der Waals surface area contributed by atoms with Crippen LogP contribution in [0.4, 0.5) is 0 Å². The fourth-order valence-corrected chi connectivity index (χ4v) is 4.63. The first kappa shape index (κ1) is 21.5. The maximum atomic E-state index is 6.57. The van der Waals surface area contributed by atoms with Crippen molar-refractivity contribution in [2.45, 2.75) is 0 Å². The molecule has 4 nitrogen and oxygen atoms in total. The zero-order chi connectivity index (χ0) is 23.8. The summed E-state index contributed by atoms with van der Waals surface area (Å²) in [5.74, 6) is 0.718. The van der Waals surface area contributed by atoms with Crippen molar-refractivity contribution in [1.29, 1.82) is 0 Å². The van der Waals surface area contributed by atoms with Crippen LogP contribution in [0.3, 0.4) is 0 Å². The van der Waals surface area contributed by atoms with Gasteiger partial charge in [0, 0.05) is 22.3 Å². The monoisotopic (exact) mass is 493 g/mol. The molecule has 0 aliphatic rings. The summed E-state index contributed by atoms with van der Waals surface area (Å²) < 4.78 is 5.72.